The van der Waals surface area contributed by atoms with Crippen molar-refractivity contribution in [3.63, 3.8) is 0 Å². The summed E-state index contributed by atoms with van der Waals surface area (Å²) < 4.78 is 0. The number of aryl methyl sites for hydroxylation is 1. The highest BCUT2D eigenvalue weighted by Crippen LogP contribution is 2.38. The highest BCUT2D eigenvalue weighted by Gasteiger charge is 2.12. The normalized spacial score (nSPS) is 10.7. The summed E-state index contributed by atoms with van der Waals surface area (Å²) >= 11 is 23.8. The van der Waals surface area contributed by atoms with Gasteiger partial charge >= 0.3 is 5.97 Å². The van der Waals surface area contributed by atoms with E-state index in [4.69, 9.17) is 51.5 Å². The largest absolute Gasteiger partial charge is 0.481 e. The molecule has 0 fully saturated rings. The van der Waals surface area contributed by atoms with Gasteiger partial charge in [0.1, 0.15) is 0 Å². The Balaban J connectivity index is 2.55. The van der Waals surface area contributed by atoms with Gasteiger partial charge in [-0.2, -0.15) is 0 Å². The Bertz CT molecular complexity index is 446. The minimum Gasteiger partial charge on any atom is -0.481 e. The third kappa shape index (κ3) is 4.51. The van der Waals surface area contributed by atoms with Gasteiger partial charge in [0.15, 0.2) is 0 Å². The Hall–Kier alpha value is -0.150. The minimum atomic E-state index is -0.773. The molecule has 6 heteroatoms. The fourth-order valence-electron chi connectivity index (χ4n) is 1.57. The van der Waals surface area contributed by atoms with Crippen molar-refractivity contribution in [1.82, 2.24) is 0 Å². The zero-order valence-corrected chi connectivity index (χ0v) is 12.5. The number of aliphatic carboxylic acids is 1. The van der Waals surface area contributed by atoms with Crippen LogP contribution in [0.25, 0.3) is 0 Å². The lowest BCUT2D eigenvalue weighted by Crippen LogP contribution is -1.95. The SMILES string of the molecule is O=C(O)CCCCCc1cc(Cl)c(Cl)c(Cl)c1Cl. The lowest BCUT2D eigenvalue weighted by Gasteiger charge is -2.09. The van der Waals surface area contributed by atoms with Gasteiger partial charge in [0.2, 0.25) is 0 Å². The van der Waals surface area contributed by atoms with E-state index < -0.39 is 5.97 Å². The summed E-state index contributed by atoms with van der Waals surface area (Å²) in [6.45, 7) is 0. The van der Waals surface area contributed by atoms with E-state index in [1.54, 1.807) is 6.07 Å². The Morgan fingerprint density at radius 1 is 1.00 bits per heavy atom. The lowest BCUT2D eigenvalue weighted by atomic mass is 10.1. The fourth-order valence-corrected chi connectivity index (χ4v) is 2.51. The van der Waals surface area contributed by atoms with E-state index >= 15 is 0 Å². The first kappa shape index (κ1) is 15.9. The van der Waals surface area contributed by atoms with Crippen LogP contribution in [0.15, 0.2) is 6.07 Å². The molecule has 18 heavy (non-hydrogen) atoms. The zero-order valence-electron chi connectivity index (χ0n) is 9.48. The topological polar surface area (TPSA) is 37.3 Å². The van der Waals surface area contributed by atoms with Crippen LogP contribution in [0.1, 0.15) is 31.2 Å². The van der Waals surface area contributed by atoms with Crippen molar-refractivity contribution < 1.29 is 9.90 Å². The van der Waals surface area contributed by atoms with E-state index in [1.165, 1.54) is 0 Å². The van der Waals surface area contributed by atoms with Gasteiger partial charge in [-0.15, -0.1) is 0 Å². The predicted molar refractivity (Wildman–Crippen MR) is 76.3 cm³/mol. The molecule has 0 bridgehead atoms. The average Bonchev–Trinajstić information content (AvgIpc) is 2.32. The molecule has 0 aliphatic rings. The molecule has 0 amide bonds. The average molecular weight is 330 g/mol. The van der Waals surface area contributed by atoms with Crippen LogP contribution in [0, 0.1) is 0 Å². The van der Waals surface area contributed by atoms with E-state index in [9.17, 15) is 4.79 Å². The maximum Gasteiger partial charge on any atom is 0.303 e. The number of carbonyl (C=O) groups is 1. The number of unbranched alkanes of at least 4 members (excludes halogenated alkanes) is 2. The van der Waals surface area contributed by atoms with Crippen LogP contribution >= 0.6 is 46.4 Å². The molecule has 0 aliphatic carbocycles. The molecular weight excluding hydrogens is 318 g/mol. The number of carboxylic acid groups (broad SMARTS) is 1. The molecule has 1 aromatic rings. The van der Waals surface area contributed by atoms with Crippen LogP contribution in [-0.4, -0.2) is 11.1 Å². The molecule has 0 saturated carbocycles. The van der Waals surface area contributed by atoms with Gasteiger partial charge in [-0.3, -0.25) is 4.79 Å². The molecule has 0 heterocycles. The summed E-state index contributed by atoms with van der Waals surface area (Å²) in [6, 6.07) is 1.70. The molecule has 0 saturated heterocycles. The minimum absolute atomic E-state index is 0.190. The van der Waals surface area contributed by atoms with Gasteiger partial charge < -0.3 is 5.11 Å². The number of hydrogen-bond acceptors (Lipinski definition) is 1. The standard InChI is InChI=1S/C12H12Cl4O2/c13-8-6-7(10(14)12(16)11(8)15)4-2-1-3-5-9(17)18/h6H,1-5H2,(H,17,18). The molecule has 0 spiro atoms. The summed E-state index contributed by atoms with van der Waals surface area (Å²) in [7, 11) is 0. The second-order valence-corrected chi connectivity index (χ2v) is 5.45. The fraction of sp³-hybridized carbons (Fsp3) is 0.417. The van der Waals surface area contributed by atoms with Gasteiger partial charge in [-0.05, 0) is 30.9 Å². The smallest absolute Gasteiger partial charge is 0.303 e. The van der Waals surface area contributed by atoms with Crippen molar-refractivity contribution in [2.45, 2.75) is 32.1 Å². The number of carboxylic acids is 1. The molecule has 1 aromatic carbocycles. The monoisotopic (exact) mass is 328 g/mol. The van der Waals surface area contributed by atoms with Crippen molar-refractivity contribution >= 4 is 52.4 Å². The summed E-state index contributed by atoms with van der Waals surface area (Å²) in [4.78, 5) is 10.3. The van der Waals surface area contributed by atoms with E-state index in [0.717, 1.165) is 18.4 Å². The maximum absolute atomic E-state index is 10.3. The summed E-state index contributed by atoms with van der Waals surface area (Å²) in [5, 5.41) is 9.84. The van der Waals surface area contributed by atoms with Crippen LogP contribution in [-0.2, 0) is 11.2 Å². The van der Waals surface area contributed by atoms with E-state index in [0.29, 0.717) is 22.9 Å². The van der Waals surface area contributed by atoms with Crippen molar-refractivity contribution in [3.8, 4) is 0 Å². The first-order valence-corrected chi connectivity index (χ1v) is 6.98. The molecule has 0 aromatic heterocycles. The Morgan fingerprint density at radius 2 is 1.67 bits per heavy atom. The van der Waals surface area contributed by atoms with Gasteiger partial charge in [0.25, 0.3) is 0 Å². The van der Waals surface area contributed by atoms with Crippen molar-refractivity contribution in [2.24, 2.45) is 0 Å². The Kier molecular flexibility index (Phi) is 6.58. The lowest BCUT2D eigenvalue weighted by molar-refractivity contribution is -0.137. The molecule has 1 N–H and O–H groups in total. The number of benzene rings is 1. The number of halogens is 4. The maximum atomic E-state index is 10.3. The first-order chi connectivity index (χ1) is 8.43. The van der Waals surface area contributed by atoms with E-state index in [2.05, 4.69) is 0 Å². The third-order valence-electron chi connectivity index (χ3n) is 2.51. The summed E-state index contributed by atoms with van der Waals surface area (Å²) in [6.07, 6.45) is 3.20. The Morgan fingerprint density at radius 3 is 2.28 bits per heavy atom. The molecular formula is C12H12Cl4O2. The van der Waals surface area contributed by atoms with Crippen LogP contribution in [0.5, 0.6) is 0 Å². The highest BCUT2D eigenvalue weighted by atomic mass is 35.5. The van der Waals surface area contributed by atoms with Gasteiger partial charge in [-0.1, -0.05) is 52.8 Å². The quantitative estimate of drug-likeness (QED) is 0.426. The summed E-state index contributed by atoms with van der Waals surface area (Å²) in [5.41, 5.74) is 0.839. The van der Waals surface area contributed by atoms with E-state index in [-0.39, 0.29) is 16.5 Å². The molecule has 0 atom stereocenters. The second kappa shape index (κ2) is 7.44. The highest BCUT2D eigenvalue weighted by molar-refractivity contribution is 6.51. The Labute approximate surface area is 126 Å². The summed E-state index contributed by atoms with van der Waals surface area (Å²) in [5.74, 6) is -0.773. The van der Waals surface area contributed by atoms with E-state index in [1.807, 2.05) is 0 Å². The van der Waals surface area contributed by atoms with Crippen LogP contribution in [0.2, 0.25) is 20.1 Å². The van der Waals surface area contributed by atoms with Crippen molar-refractivity contribution in [3.05, 3.63) is 31.7 Å². The molecule has 1 rings (SSSR count). The molecule has 0 unspecified atom stereocenters. The van der Waals surface area contributed by atoms with Gasteiger partial charge in [0.05, 0.1) is 20.1 Å². The molecule has 0 radical (unpaired) electrons. The second-order valence-electron chi connectivity index (χ2n) is 3.91. The number of hydrogen-bond donors (Lipinski definition) is 1. The van der Waals surface area contributed by atoms with Crippen LogP contribution < -0.4 is 0 Å². The van der Waals surface area contributed by atoms with Gasteiger partial charge in [0, 0.05) is 6.42 Å². The molecule has 100 valence electrons. The van der Waals surface area contributed by atoms with Crippen molar-refractivity contribution in [1.29, 1.82) is 0 Å². The first-order valence-electron chi connectivity index (χ1n) is 5.47. The van der Waals surface area contributed by atoms with Crippen LogP contribution in [0.4, 0.5) is 0 Å². The molecule has 0 aliphatic heterocycles. The third-order valence-corrected chi connectivity index (χ3v) is 4.31. The van der Waals surface area contributed by atoms with Crippen molar-refractivity contribution in [2.75, 3.05) is 0 Å². The van der Waals surface area contributed by atoms with Crippen LogP contribution in [0.3, 0.4) is 0 Å². The predicted octanol–water partition coefficient (Wildman–Crippen LogP) is 5.49. The zero-order chi connectivity index (χ0) is 13.7. The van der Waals surface area contributed by atoms with Gasteiger partial charge in [-0.25, -0.2) is 0 Å². The molecule has 2 nitrogen and oxygen atoms in total. The number of rotatable bonds is 6.